The van der Waals surface area contributed by atoms with E-state index in [-0.39, 0.29) is 5.91 Å². The number of amides is 1. The Bertz CT molecular complexity index is 727. The van der Waals surface area contributed by atoms with E-state index in [9.17, 15) is 4.79 Å². The molecule has 0 spiro atoms. The first-order valence-corrected chi connectivity index (χ1v) is 9.48. The zero-order valence-corrected chi connectivity index (χ0v) is 16.2. The number of benzene rings is 1. The van der Waals surface area contributed by atoms with Gasteiger partial charge in [-0.1, -0.05) is 37.6 Å². The van der Waals surface area contributed by atoms with Crippen molar-refractivity contribution < 1.29 is 4.79 Å². The highest BCUT2D eigenvalue weighted by molar-refractivity contribution is 7.16. The Morgan fingerprint density at radius 3 is 2.29 bits per heavy atom. The summed E-state index contributed by atoms with van der Waals surface area (Å²) in [7, 11) is 0. The fraction of sp³-hybridized carbons (Fsp3) is 0.450. The van der Waals surface area contributed by atoms with Crippen LogP contribution in [0.25, 0.3) is 11.1 Å². The largest absolute Gasteiger partial charge is 0.390 e. The normalized spacial score (nSPS) is 10.9. The Morgan fingerprint density at radius 1 is 1.12 bits per heavy atom. The summed E-state index contributed by atoms with van der Waals surface area (Å²) in [6.45, 7) is 12.0. The molecule has 1 amide bonds. The third-order valence-electron chi connectivity index (χ3n) is 4.25. The summed E-state index contributed by atoms with van der Waals surface area (Å²) in [5.74, 6) is 0.0653. The number of hydrogen-bond acceptors (Lipinski definition) is 3. The average molecular weight is 345 g/mol. The number of thiophene rings is 1. The summed E-state index contributed by atoms with van der Waals surface area (Å²) < 4.78 is 0. The van der Waals surface area contributed by atoms with Crippen LogP contribution in [0.4, 0.5) is 5.00 Å². The summed E-state index contributed by atoms with van der Waals surface area (Å²) in [5, 5.41) is 0.629. The minimum Gasteiger partial charge on any atom is -0.390 e. The van der Waals surface area contributed by atoms with Gasteiger partial charge in [-0.15, -0.1) is 11.3 Å². The van der Waals surface area contributed by atoms with Crippen molar-refractivity contribution in [2.45, 2.75) is 47.5 Å². The maximum Gasteiger partial charge on any atom is 0.257 e. The van der Waals surface area contributed by atoms with Gasteiger partial charge in [-0.3, -0.25) is 4.79 Å². The average Bonchev–Trinajstić information content (AvgIpc) is 2.81. The molecule has 0 unspecified atom stereocenters. The number of rotatable bonds is 6. The topological polar surface area (TPSA) is 46.3 Å². The summed E-state index contributed by atoms with van der Waals surface area (Å²) in [4.78, 5) is 16.2. The lowest BCUT2D eigenvalue weighted by Crippen LogP contribution is -2.33. The van der Waals surface area contributed by atoms with Crippen molar-refractivity contribution in [1.82, 2.24) is 4.90 Å². The van der Waals surface area contributed by atoms with Crippen LogP contribution in [-0.4, -0.2) is 23.9 Å². The minimum absolute atomic E-state index is 0.0653. The van der Waals surface area contributed by atoms with Crippen LogP contribution in [0.5, 0.6) is 0 Å². The Kier molecular flexibility index (Phi) is 6.05. The Hall–Kier alpha value is -1.81. The summed E-state index contributed by atoms with van der Waals surface area (Å²) in [6, 6.07) is 6.37. The van der Waals surface area contributed by atoms with Gasteiger partial charge in [0.05, 0.1) is 10.6 Å². The summed E-state index contributed by atoms with van der Waals surface area (Å²) in [5.41, 5.74) is 11.5. The quantitative estimate of drug-likeness (QED) is 0.784. The fourth-order valence-electron chi connectivity index (χ4n) is 3.21. The lowest BCUT2D eigenvalue weighted by molar-refractivity contribution is 0.0758. The fourth-order valence-corrected chi connectivity index (χ4v) is 4.15. The third kappa shape index (κ3) is 3.64. The van der Waals surface area contributed by atoms with Crippen LogP contribution in [-0.2, 0) is 0 Å². The zero-order chi connectivity index (χ0) is 17.9. The molecule has 0 fully saturated rings. The molecule has 3 nitrogen and oxygen atoms in total. The zero-order valence-electron chi connectivity index (χ0n) is 15.4. The van der Waals surface area contributed by atoms with Crippen molar-refractivity contribution >= 4 is 22.2 Å². The van der Waals surface area contributed by atoms with E-state index in [1.807, 2.05) is 4.90 Å². The summed E-state index contributed by atoms with van der Waals surface area (Å²) in [6.07, 6.45) is 1.90. The molecule has 0 aliphatic carbocycles. The molecule has 0 radical (unpaired) electrons. The van der Waals surface area contributed by atoms with Crippen molar-refractivity contribution in [2.24, 2.45) is 0 Å². The van der Waals surface area contributed by atoms with Crippen molar-refractivity contribution in [3.05, 3.63) is 39.8 Å². The van der Waals surface area contributed by atoms with Crippen molar-refractivity contribution in [2.75, 3.05) is 18.8 Å². The minimum atomic E-state index is 0.0653. The monoisotopic (exact) mass is 344 g/mol. The van der Waals surface area contributed by atoms with E-state index in [2.05, 4.69) is 52.8 Å². The smallest absolute Gasteiger partial charge is 0.257 e. The number of nitrogens with two attached hydrogens (primary N) is 1. The number of aryl methyl sites for hydroxylation is 3. The third-order valence-corrected chi connectivity index (χ3v) is 5.19. The van der Waals surface area contributed by atoms with E-state index in [1.54, 1.807) is 0 Å². The lowest BCUT2D eigenvalue weighted by atomic mass is 9.95. The molecule has 0 saturated heterocycles. The highest BCUT2D eigenvalue weighted by Crippen LogP contribution is 2.40. The van der Waals surface area contributed by atoms with Gasteiger partial charge >= 0.3 is 0 Å². The Labute approximate surface area is 149 Å². The van der Waals surface area contributed by atoms with E-state index in [4.69, 9.17) is 5.73 Å². The second-order valence-corrected chi connectivity index (χ2v) is 7.64. The molecule has 0 bridgehead atoms. The highest BCUT2D eigenvalue weighted by Gasteiger charge is 2.26. The molecular weight excluding hydrogens is 316 g/mol. The van der Waals surface area contributed by atoms with Crippen LogP contribution in [0.1, 0.15) is 53.1 Å². The molecule has 0 saturated carbocycles. The summed E-state index contributed by atoms with van der Waals surface area (Å²) >= 11 is 1.52. The first-order valence-electron chi connectivity index (χ1n) is 8.66. The second-order valence-electron chi connectivity index (χ2n) is 6.38. The van der Waals surface area contributed by atoms with E-state index in [0.717, 1.165) is 41.9 Å². The van der Waals surface area contributed by atoms with Gasteiger partial charge in [-0.05, 0) is 44.7 Å². The molecule has 0 aliphatic rings. The standard InChI is InChI=1S/C20H28N2OS/c1-6-10-22(11-7-2)20(23)18-17(15(5)24-19(18)21)16-9-8-13(3)12-14(16)4/h8-9,12H,6-7,10-11,21H2,1-5H3. The van der Waals surface area contributed by atoms with Gasteiger partial charge < -0.3 is 10.6 Å². The number of nitrogens with zero attached hydrogens (tertiary/aromatic N) is 1. The lowest BCUT2D eigenvalue weighted by Gasteiger charge is -2.22. The first kappa shape index (κ1) is 18.5. The predicted molar refractivity (Wildman–Crippen MR) is 105 cm³/mol. The molecule has 1 heterocycles. The van der Waals surface area contributed by atoms with Crippen LogP contribution in [0.15, 0.2) is 18.2 Å². The number of anilines is 1. The van der Waals surface area contributed by atoms with Gasteiger partial charge in [0.1, 0.15) is 0 Å². The van der Waals surface area contributed by atoms with Gasteiger partial charge in [0.15, 0.2) is 0 Å². The van der Waals surface area contributed by atoms with Gasteiger partial charge in [-0.2, -0.15) is 0 Å². The van der Waals surface area contributed by atoms with Crippen molar-refractivity contribution in [1.29, 1.82) is 0 Å². The van der Waals surface area contributed by atoms with Crippen LogP contribution in [0.3, 0.4) is 0 Å². The molecule has 0 aliphatic heterocycles. The van der Waals surface area contributed by atoms with Gasteiger partial charge in [-0.25, -0.2) is 0 Å². The molecule has 0 atom stereocenters. The van der Waals surface area contributed by atoms with Gasteiger partial charge in [0.25, 0.3) is 5.91 Å². The highest BCUT2D eigenvalue weighted by atomic mass is 32.1. The number of hydrogen-bond donors (Lipinski definition) is 1. The molecular formula is C20H28N2OS. The molecule has 4 heteroatoms. The number of carbonyl (C=O) groups is 1. The van der Waals surface area contributed by atoms with Gasteiger partial charge in [0.2, 0.25) is 0 Å². The van der Waals surface area contributed by atoms with E-state index < -0.39 is 0 Å². The molecule has 2 rings (SSSR count). The van der Waals surface area contributed by atoms with Crippen molar-refractivity contribution in [3.63, 3.8) is 0 Å². The SMILES string of the molecule is CCCN(CCC)C(=O)c1c(N)sc(C)c1-c1ccc(C)cc1C. The van der Waals surface area contributed by atoms with Crippen molar-refractivity contribution in [3.8, 4) is 11.1 Å². The van der Waals surface area contributed by atoms with Crippen LogP contribution < -0.4 is 5.73 Å². The van der Waals surface area contributed by atoms with Crippen LogP contribution in [0.2, 0.25) is 0 Å². The van der Waals surface area contributed by atoms with Crippen LogP contribution >= 0.6 is 11.3 Å². The van der Waals surface area contributed by atoms with E-state index in [1.165, 1.54) is 22.5 Å². The van der Waals surface area contributed by atoms with E-state index in [0.29, 0.717) is 10.6 Å². The first-order chi connectivity index (χ1) is 11.4. The molecule has 1 aromatic heterocycles. The molecule has 1 aromatic carbocycles. The maximum atomic E-state index is 13.2. The Morgan fingerprint density at radius 2 is 1.75 bits per heavy atom. The van der Waals surface area contributed by atoms with E-state index >= 15 is 0 Å². The molecule has 24 heavy (non-hydrogen) atoms. The molecule has 2 aromatic rings. The predicted octanol–water partition coefficient (Wildman–Crippen LogP) is 5.18. The number of carbonyl (C=O) groups excluding carboxylic acids is 1. The molecule has 130 valence electrons. The van der Waals surface area contributed by atoms with Gasteiger partial charge in [0, 0.05) is 23.5 Å². The second kappa shape index (κ2) is 7.84. The molecule has 2 N–H and O–H groups in total. The van der Waals surface area contributed by atoms with Crippen LogP contribution in [0, 0.1) is 20.8 Å². The maximum absolute atomic E-state index is 13.2. The number of nitrogen functional groups attached to an aromatic ring is 1. The Balaban J connectivity index is 2.57.